The molecule has 5 nitrogen and oxygen atoms in total. The Morgan fingerprint density at radius 2 is 2.28 bits per heavy atom. The zero-order valence-electron chi connectivity index (χ0n) is 9.28. The third-order valence-electron chi connectivity index (χ3n) is 2.17. The number of rotatable bonds is 5. The minimum absolute atomic E-state index is 0.375. The van der Waals surface area contributed by atoms with Crippen molar-refractivity contribution >= 4 is 50.6 Å². The Balaban J connectivity index is 1.93. The quantitative estimate of drug-likeness (QED) is 0.572. The highest BCUT2D eigenvalue weighted by Gasteiger charge is 2.04. The Labute approximate surface area is 122 Å². The van der Waals surface area contributed by atoms with Crippen LogP contribution in [0.2, 0.25) is 4.34 Å². The summed E-state index contributed by atoms with van der Waals surface area (Å²) in [6.45, 7) is 0.760. The van der Waals surface area contributed by atoms with E-state index in [0.717, 1.165) is 21.8 Å². The monoisotopic (exact) mass is 347 g/mol. The predicted molar refractivity (Wildman–Crippen MR) is 79.1 cm³/mol. The second-order valence-corrected chi connectivity index (χ2v) is 6.07. The molecule has 18 heavy (non-hydrogen) atoms. The fourth-order valence-corrected chi connectivity index (χ4v) is 2.77. The topological polar surface area (TPSA) is 75.9 Å². The minimum atomic E-state index is 0.375. The van der Waals surface area contributed by atoms with Crippen molar-refractivity contribution in [1.82, 2.24) is 9.97 Å². The van der Waals surface area contributed by atoms with Crippen molar-refractivity contribution in [3.8, 4) is 0 Å². The van der Waals surface area contributed by atoms with Gasteiger partial charge in [-0.3, -0.25) is 5.43 Å². The first-order valence-corrected chi connectivity index (χ1v) is 7.15. The smallest absolute Gasteiger partial charge is 0.239 e. The number of halogens is 2. The lowest BCUT2D eigenvalue weighted by molar-refractivity contribution is 1.01. The van der Waals surface area contributed by atoms with Crippen LogP contribution in [0.25, 0.3) is 0 Å². The van der Waals surface area contributed by atoms with E-state index in [4.69, 9.17) is 17.4 Å². The normalized spacial score (nSPS) is 10.4. The van der Waals surface area contributed by atoms with Gasteiger partial charge < -0.3 is 5.32 Å². The average Bonchev–Trinajstić information content (AvgIpc) is 2.77. The Kier molecular flexibility index (Phi) is 4.76. The van der Waals surface area contributed by atoms with Crippen molar-refractivity contribution in [2.75, 3.05) is 17.3 Å². The molecule has 0 bridgehead atoms. The standard InChI is InChI=1S/C10H11BrClN5S/c11-7-5-15-10(17-13)16-9(7)14-4-3-6-1-2-8(12)18-6/h1-2,5H,3-4,13H2,(H2,14,15,16,17). The number of aromatic nitrogens is 2. The van der Waals surface area contributed by atoms with Crippen LogP contribution in [0, 0.1) is 0 Å². The van der Waals surface area contributed by atoms with Crippen LogP contribution in [-0.4, -0.2) is 16.5 Å². The van der Waals surface area contributed by atoms with Gasteiger partial charge in [-0.15, -0.1) is 11.3 Å². The van der Waals surface area contributed by atoms with Crippen LogP contribution in [0.15, 0.2) is 22.8 Å². The summed E-state index contributed by atoms with van der Waals surface area (Å²) in [5.74, 6) is 6.34. The summed E-state index contributed by atoms with van der Waals surface area (Å²) in [5.41, 5.74) is 2.41. The second kappa shape index (κ2) is 6.33. The number of thiophene rings is 1. The third-order valence-corrected chi connectivity index (χ3v) is 4.04. The number of hydrazine groups is 1. The molecule has 0 atom stereocenters. The van der Waals surface area contributed by atoms with Crippen LogP contribution in [0.1, 0.15) is 4.88 Å². The van der Waals surface area contributed by atoms with Crippen molar-refractivity contribution < 1.29 is 0 Å². The van der Waals surface area contributed by atoms with E-state index in [-0.39, 0.29) is 0 Å². The van der Waals surface area contributed by atoms with E-state index in [1.807, 2.05) is 12.1 Å². The van der Waals surface area contributed by atoms with Crippen molar-refractivity contribution in [3.05, 3.63) is 32.0 Å². The van der Waals surface area contributed by atoms with Gasteiger partial charge in [0.25, 0.3) is 0 Å². The maximum atomic E-state index is 5.87. The van der Waals surface area contributed by atoms with E-state index in [1.165, 1.54) is 4.88 Å². The molecule has 0 aromatic carbocycles. The van der Waals surface area contributed by atoms with Crippen LogP contribution < -0.4 is 16.6 Å². The SMILES string of the molecule is NNc1ncc(Br)c(NCCc2ccc(Cl)s2)n1. The molecular formula is C10H11BrClN5S. The largest absolute Gasteiger partial charge is 0.369 e. The molecule has 4 N–H and O–H groups in total. The van der Waals surface area contributed by atoms with Crippen LogP contribution in [0.4, 0.5) is 11.8 Å². The highest BCUT2D eigenvalue weighted by molar-refractivity contribution is 9.10. The maximum Gasteiger partial charge on any atom is 0.239 e. The van der Waals surface area contributed by atoms with E-state index in [9.17, 15) is 0 Å². The summed E-state index contributed by atoms with van der Waals surface area (Å²) in [6.07, 6.45) is 2.53. The van der Waals surface area contributed by atoms with E-state index in [0.29, 0.717) is 11.8 Å². The lowest BCUT2D eigenvalue weighted by atomic mass is 10.3. The first kappa shape index (κ1) is 13.5. The minimum Gasteiger partial charge on any atom is -0.369 e. The van der Waals surface area contributed by atoms with Gasteiger partial charge in [0.2, 0.25) is 5.95 Å². The summed E-state index contributed by atoms with van der Waals surface area (Å²) in [6, 6.07) is 3.93. The molecule has 2 aromatic rings. The van der Waals surface area contributed by atoms with E-state index < -0.39 is 0 Å². The molecule has 0 aliphatic carbocycles. The lowest BCUT2D eigenvalue weighted by Gasteiger charge is -2.07. The van der Waals surface area contributed by atoms with Crippen LogP contribution in [0.5, 0.6) is 0 Å². The number of nitrogens with two attached hydrogens (primary N) is 1. The number of nitrogen functional groups attached to an aromatic ring is 1. The molecule has 0 aliphatic rings. The van der Waals surface area contributed by atoms with E-state index >= 15 is 0 Å². The van der Waals surface area contributed by atoms with Crippen molar-refractivity contribution in [2.24, 2.45) is 5.84 Å². The number of nitrogens with one attached hydrogen (secondary N) is 2. The number of hydrogen-bond acceptors (Lipinski definition) is 6. The van der Waals surface area contributed by atoms with Gasteiger partial charge in [-0.05, 0) is 34.5 Å². The molecule has 2 heterocycles. The lowest BCUT2D eigenvalue weighted by Crippen LogP contribution is -2.13. The van der Waals surface area contributed by atoms with Gasteiger partial charge in [-0.1, -0.05) is 11.6 Å². The van der Waals surface area contributed by atoms with Crippen LogP contribution in [0.3, 0.4) is 0 Å². The summed E-state index contributed by atoms with van der Waals surface area (Å²) in [4.78, 5) is 9.41. The Hall–Kier alpha value is -0.890. The van der Waals surface area contributed by atoms with E-state index in [1.54, 1.807) is 17.5 Å². The number of hydrogen-bond donors (Lipinski definition) is 3. The molecule has 0 saturated heterocycles. The molecule has 2 aromatic heterocycles. The first-order chi connectivity index (χ1) is 8.69. The molecule has 0 amide bonds. The van der Waals surface area contributed by atoms with Crippen molar-refractivity contribution in [3.63, 3.8) is 0 Å². The van der Waals surface area contributed by atoms with E-state index in [2.05, 4.69) is 36.6 Å². The molecular weight excluding hydrogens is 338 g/mol. The zero-order valence-corrected chi connectivity index (χ0v) is 12.4. The van der Waals surface area contributed by atoms with Gasteiger partial charge >= 0.3 is 0 Å². The molecule has 2 rings (SSSR count). The molecule has 0 unspecified atom stereocenters. The van der Waals surface area contributed by atoms with Crippen LogP contribution >= 0.6 is 38.9 Å². The third kappa shape index (κ3) is 3.55. The number of nitrogens with zero attached hydrogens (tertiary/aromatic N) is 2. The molecule has 8 heteroatoms. The summed E-state index contributed by atoms with van der Waals surface area (Å²) < 4.78 is 1.61. The Morgan fingerprint density at radius 3 is 2.94 bits per heavy atom. The average molecular weight is 349 g/mol. The fraction of sp³-hybridized carbons (Fsp3) is 0.200. The van der Waals surface area contributed by atoms with Crippen molar-refractivity contribution in [1.29, 1.82) is 0 Å². The molecule has 96 valence electrons. The Bertz CT molecular complexity index is 533. The summed E-state index contributed by atoms with van der Waals surface area (Å²) >= 11 is 10.8. The summed E-state index contributed by atoms with van der Waals surface area (Å²) in [7, 11) is 0. The van der Waals surface area contributed by atoms with Gasteiger partial charge in [-0.2, -0.15) is 4.98 Å². The highest BCUT2D eigenvalue weighted by Crippen LogP contribution is 2.23. The maximum absolute atomic E-state index is 5.87. The highest BCUT2D eigenvalue weighted by atomic mass is 79.9. The molecule has 0 spiro atoms. The number of anilines is 2. The van der Waals surface area contributed by atoms with Gasteiger partial charge in [0.05, 0.1) is 8.81 Å². The molecule has 0 fully saturated rings. The first-order valence-electron chi connectivity index (χ1n) is 5.16. The Morgan fingerprint density at radius 1 is 1.44 bits per heavy atom. The molecule has 0 saturated carbocycles. The van der Waals surface area contributed by atoms with Crippen LogP contribution in [-0.2, 0) is 6.42 Å². The van der Waals surface area contributed by atoms with Gasteiger partial charge in [0, 0.05) is 17.6 Å². The van der Waals surface area contributed by atoms with Gasteiger partial charge in [-0.25, -0.2) is 10.8 Å². The summed E-state index contributed by atoms with van der Waals surface area (Å²) in [5, 5.41) is 3.22. The van der Waals surface area contributed by atoms with Gasteiger partial charge in [0.1, 0.15) is 5.82 Å². The second-order valence-electron chi connectivity index (χ2n) is 3.42. The van der Waals surface area contributed by atoms with Crippen molar-refractivity contribution in [2.45, 2.75) is 6.42 Å². The predicted octanol–water partition coefficient (Wildman–Crippen LogP) is 2.89. The molecule has 0 aliphatic heterocycles. The molecule has 0 radical (unpaired) electrons. The van der Waals surface area contributed by atoms with Gasteiger partial charge in [0.15, 0.2) is 0 Å². The zero-order chi connectivity index (χ0) is 13.0. The fourth-order valence-electron chi connectivity index (χ4n) is 1.35.